The summed E-state index contributed by atoms with van der Waals surface area (Å²) >= 11 is 1.71. The van der Waals surface area contributed by atoms with E-state index in [0.29, 0.717) is 12.6 Å². The Labute approximate surface area is 129 Å². The van der Waals surface area contributed by atoms with Gasteiger partial charge in [0.15, 0.2) is 0 Å². The zero-order valence-electron chi connectivity index (χ0n) is 12.5. The van der Waals surface area contributed by atoms with Crippen molar-refractivity contribution in [3.8, 4) is 10.6 Å². The maximum atomic E-state index is 12.9. The quantitative estimate of drug-likeness (QED) is 0.911. The molecule has 3 nitrogen and oxygen atoms in total. The maximum Gasteiger partial charge on any atom is 0.255 e. The van der Waals surface area contributed by atoms with Gasteiger partial charge in [0.25, 0.3) is 5.56 Å². The summed E-state index contributed by atoms with van der Waals surface area (Å²) < 4.78 is 2.06. The van der Waals surface area contributed by atoms with Crippen molar-refractivity contribution in [3.63, 3.8) is 0 Å². The lowest BCUT2D eigenvalue weighted by Crippen LogP contribution is -2.30. The first kappa shape index (κ1) is 14.5. The van der Waals surface area contributed by atoms with E-state index in [0.717, 1.165) is 30.6 Å². The van der Waals surface area contributed by atoms with Crippen LogP contribution in [-0.2, 0) is 6.54 Å². The molecule has 0 unspecified atom stereocenters. The molecule has 2 heterocycles. The minimum atomic E-state index is 0.189. The second kappa shape index (κ2) is 6.58. The number of pyridine rings is 1. The summed E-state index contributed by atoms with van der Waals surface area (Å²) in [6, 6.07) is 8.64. The van der Waals surface area contributed by atoms with E-state index in [2.05, 4.69) is 40.4 Å². The van der Waals surface area contributed by atoms with E-state index in [4.69, 9.17) is 0 Å². The van der Waals surface area contributed by atoms with Crippen LogP contribution < -0.4 is 10.9 Å². The number of nitrogens with zero attached hydrogens (tertiary/aromatic N) is 1. The largest absolute Gasteiger partial charge is 0.313 e. The van der Waals surface area contributed by atoms with Crippen molar-refractivity contribution in [3.05, 3.63) is 45.6 Å². The van der Waals surface area contributed by atoms with Crippen molar-refractivity contribution in [2.45, 2.75) is 45.2 Å². The monoisotopic (exact) mass is 302 g/mol. The fourth-order valence-electron chi connectivity index (χ4n) is 3.14. The lowest BCUT2D eigenvalue weighted by molar-refractivity contribution is 0.503. The Bertz CT molecular complexity index is 639. The van der Waals surface area contributed by atoms with Crippen molar-refractivity contribution in [1.82, 2.24) is 9.88 Å². The average Bonchev–Trinajstić information content (AvgIpc) is 3.18. The molecule has 3 rings (SSSR count). The zero-order valence-corrected chi connectivity index (χ0v) is 13.3. The second-order valence-corrected chi connectivity index (χ2v) is 6.56. The topological polar surface area (TPSA) is 34.0 Å². The van der Waals surface area contributed by atoms with Crippen LogP contribution in [0.5, 0.6) is 0 Å². The van der Waals surface area contributed by atoms with Crippen molar-refractivity contribution in [1.29, 1.82) is 0 Å². The molecule has 0 bridgehead atoms. The number of thiophene rings is 1. The molecule has 1 aliphatic rings. The number of hydrogen-bond donors (Lipinski definition) is 1. The minimum absolute atomic E-state index is 0.189. The van der Waals surface area contributed by atoms with Crippen molar-refractivity contribution in [2.75, 3.05) is 6.54 Å². The van der Waals surface area contributed by atoms with Crippen LogP contribution in [0, 0.1) is 0 Å². The van der Waals surface area contributed by atoms with Gasteiger partial charge in [-0.05, 0) is 36.9 Å². The third-order valence-corrected chi connectivity index (χ3v) is 5.12. The molecule has 1 saturated carbocycles. The third kappa shape index (κ3) is 2.97. The Morgan fingerprint density at radius 2 is 2.10 bits per heavy atom. The molecule has 2 aromatic heterocycles. The molecule has 0 aliphatic heterocycles. The Morgan fingerprint density at radius 3 is 2.76 bits per heavy atom. The number of hydrogen-bond acceptors (Lipinski definition) is 3. The zero-order chi connectivity index (χ0) is 14.7. The van der Waals surface area contributed by atoms with Crippen LogP contribution in [0.3, 0.4) is 0 Å². The molecule has 4 heteroatoms. The SMILES string of the molecule is CCNCc1ccc(-c2cccs2)n(C2CCCC2)c1=O. The fourth-order valence-corrected chi connectivity index (χ4v) is 3.89. The summed E-state index contributed by atoms with van der Waals surface area (Å²) in [5.74, 6) is 0. The average molecular weight is 302 g/mol. The predicted molar refractivity (Wildman–Crippen MR) is 88.9 cm³/mol. The molecule has 0 radical (unpaired) electrons. The highest BCUT2D eigenvalue weighted by Gasteiger charge is 2.22. The first-order chi connectivity index (χ1) is 10.3. The minimum Gasteiger partial charge on any atom is -0.313 e. The molecule has 1 fully saturated rings. The van der Waals surface area contributed by atoms with E-state index < -0.39 is 0 Å². The highest BCUT2D eigenvalue weighted by Crippen LogP contribution is 2.33. The van der Waals surface area contributed by atoms with E-state index in [1.807, 2.05) is 6.07 Å². The lowest BCUT2D eigenvalue weighted by atomic mass is 10.1. The van der Waals surface area contributed by atoms with Crippen molar-refractivity contribution >= 4 is 11.3 Å². The summed E-state index contributed by atoms with van der Waals surface area (Å²) in [7, 11) is 0. The highest BCUT2D eigenvalue weighted by molar-refractivity contribution is 7.13. The smallest absolute Gasteiger partial charge is 0.255 e. The molecule has 21 heavy (non-hydrogen) atoms. The van der Waals surface area contributed by atoms with E-state index in [9.17, 15) is 4.79 Å². The molecule has 0 spiro atoms. The normalized spacial score (nSPS) is 15.7. The molecule has 112 valence electrons. The molecule has 2 aromatic rings. The van der Waals surface area contributed by atoms with Crippen LogP contribution in [0.2, 0.25) is 0 Å². The summed E-state index contributed by atoms with van der Waals surface area (Å²) in [5.41, 5.74) is 2.15. The molecule has 1 N–H and O–H groups in total. The van der Waals surface area contributed by atoms with E-state index in [1.54, 1.807) is 11.3 Å². The van der Waals surface area contributed by atoms with E-state index >= 15 is 0 Å². The summed E-state index contributed by atoms with van der Waals surface area (Å²) in [6.45, 7) is 3.61. The van der Waals surface area contributed by atoms with Crippen LogP contribution in [0.1, 0.15) is 44.2 Å². The number of nitrogens with one attached hydrogen (secondary N) is 1. The predicted octanol–water partition coefficient (Wildman–Crippen LogP) is 3.80. The van der Waals surface area contributed by atoms with Gasteiger partial charge < -0.3 is 9.88 Å². The van der Waals surface area contributed by atoms with Crippen LogP contribution in [-0.4, -0.2) is 11.1 Å². The molecular formula is C17H22N2OS. The van der Waals surface area contributed by atoms with Crippen molar-refractivity contribution < 1.29 is 0 Å². The molecule has 1 aliphatic carbocycles. The van der Waals surface area contributed by atoms with Gasteiger partial charge >= 0.3 is 0 Å². The number of aromatic nitrogens is 1. The first-order valence-corrected chi connectivity index (χ1v) is 8.68. The summed E-state index contributed by atoms with van der Waals surface area (Å²) in [6.07, 6.45) is 4.72. The Morgan fingerprint density at radius 1 is 1.29 bits per heavy atom. The van der Waals surface area contributed by atoms with E-state index in [-0.39, 0.29) is 5.56 Å². The standard InChI is InChI=1S/C17H22N2OS/c1-2-18-12-13-9-10-15(16-8-5-11-21-16)19(17(13)20)14-6-3-4-7-14/h5,8-11,14,18H,2-4,6-7,12H2,1H3. The van der Waals surface area contributed by atoms with Gasteiger partial charge in [0, 0.05) is 18.2 Å². The van der Waals surface area contributed by atoms with Gasteiger partial charge in [0.1, 0.15) is 0 Å². The Kier molecular flexibility index (Phi) is 4.56. The lowest BCUT2D eigenvalue weighted by Gasteiger charge is -2.19. The Balaban J connectivity index is 2.07. The van der Waals surface area contributed by atoms with Gasteiger partial charge in [0.2, 0.25) is 0 Å². The van der Waals surface area contributed by atoms with Gasteiger partial charge in [0.05, 0.1) is 10.6 Å². The third-order valence-electron chi connectivity index (χ3n) is 4.22. The summed E-state index contributed by atoms with van der Waals surface area (Å²) in [5, 5.41) is 5.34. The van der Waals surface area contributed by atoms with Crippen LogP contribution in [0.25, 0.3) is 10.6 Å². The number of rotatable bonds is 5. The van der Waals surface area contributed by atoms with Gasteiger partial charge in [-0.2, -0.15) is 0 Å². The highest BCUT2D eigenvalue weighted by atomic mass is 32.1. The Hall–Kier alpha value is -1.39. The van der Waals surface area contributed by atoms with Crippen molar-refractivity contribution in [2.24, 2.45) is 0 Å². The molecule has 0 atom stereocenters. The van der Waals surface area contributed by atoms with E-state index in [1.165, 1.54) is 17.7 Å². The van der Waals surface area contributed by atoms with Crippen LogP contribution in [0.15, 0.2) is 34.4 Å². The van der Waals surface area contributed by atoms with Gasteiger partial charge in [-0.25, -0.2) is 0 Å². The second-order valence-electron chi connectivity index (χ2n) is 5.61. The maximum absolute atomic E-state index is 12.9. The molecule has 0 aromatic carbocycles. The van der Waals surface area contributed by atoms with Crippen LogP contribution in [0.4, 0.5) is 0 Å². The fraction of sp³-hybridized carbons (Fsp3) is 0.471. The van der Waals surface area contributed by atoms with Gasteiger partial charge in [-0.15, -0.1) is 11.3 Å². The summed E-state index contributed by atoms with van der Waals surface area (Å²) in [4.78, 5) is 14.1. The first-order valence-electron chi connectivity index (χ1n) is 7.80. The molecule has 0 saturated heterocycles. The van der Waals surface area contributed by atoms with Crippen LogP contribution >= 0.6 is 11.3 Å². The molecule has 0 amide bonds. The van der Waals surface area contributed by atoms with Gasteiger partial charge in [-0.1, -0.05) is 31.9 Å². The van der Waals surface area contributed by atoms with Gasteiger partial charge in [-0.3, -0.25) is 4.79 Å². The molecular weight excluding hydrogens is 280 g/mol.